The quantitative estimate of drug-likeness (QED) is 0.487. The van der Waals surface area contributed by atoms with Crippen LogP contribution in [0.1, 0.15) is 32.7 Å². The Balaban J connectivity index is 1.90. The standard InChI is InChI=1S/C25H22N2O4/c1-27-18-11-15(9-6-10-28)20(31-2)13-17(18)21-19(27)12-16(14-7-4-3-5-8-14)22-23(21)25(30)26-24(22)29/h3-5,7-8,11-13,28H,6,9-10H2,1-2H3,(H,26,29,30). The summed E-state index contributed by atoms with van der Waals surface area (Å²) in [6.07, 6.45) is 1.32. The van der Waals surface area contributed by atoms with Crippen molar-refractivity contribution in [2.75, 3.05) is 13.7 Å². The number of ether oxygens (including phenoxy) is 1. The van der Waals surface area contributed by atoms with E-state index in [4.69, 9.17) is 4.74 Å². The molecule has 0 spiro atoms. The highest BCUT2D eigenvalue weighted by atomic mass is 16.5. The molecule has 0 radical (unpaired) electrons. The molecule has 0 bridgehead atoms. The molecular formula is C25H22N2O4. The predicted molar refractivity (Wildman–Crippen MR) is 120 cm³/mol. The molecular weight excluding hydrogens is 392 g/mol. The summed E-state index contributed by atoms with van der Waals surface area (Å²) in [5.41, 5.74) is 5.27. The van der Waals surface area contributed by atoms with Crippen molar-refractivity contribution in [1.82, 2.24) is 9.88 Å². The van der Waals surface area contributed by atoms with Gasteiger partial charge in [-0.3, -0.25) is 14.9 Å². The number of aryl methyl sites for hydroxylation is 2. The monoisotopic (exact) mass is 414 g/mol. The lowest BCUT2D eigenvalue weighted by molar-refractivity contribution is 0.0880. The number of imide groups is 1. The Morgan fingerprint density at radius 2 is 1.74 bits per heavy atom. The Bertz CT molecular complexity index is 1370. The number of carbonyl (C=O) groups excluding carboxylic acids is 2. The molecule has 1 aliphatic rings. The smallest absolute Gasteiger partial charge is 0.259 e. The van der Waals surface area contributed by atoms with E-state index in [1.165, 1.54) is 0 Å². The van der Waals surface area contributed by atoms with Gasteiger partial charge in [-0.2, -0.15) is 0 Å². The van der Waals surface area contributed by atoms with Gasteiger partial charge < -0.3 is 14.4 Å². The molecule has 5 rings (SSSR count). The van der Waals surface area contributed by atoms with Crippen molar-refractivity contribution in [1.29, 1.82) is 0 Å². The Morgan fingerprint density at radius 1 is 1.00 bits per heavy atom. The summed E-state index contributed by atoms with van der Waals surface area (Å²) in [5, 5.41) is 13.3. The zero-order chi connectivity index (χ0) is 21.7. The lowest BCUT2D eigenvalue weighted by atomic mass is 9.92. The molecule has 0 fully saturated rings. The van der Waals surface area contributed by atoms with E-state index in [1.54, 1.807) is 7.11 Å². The number of hydrogen-bond donors (Lipinski definition) is 2. The number of aliphatic hydroxyl groups excluding tert-OH is 1. The second-order valence-corrected chi connectivity index (χ2v) is 7.78. The Labute approximate surface area is 179 Å². The zero-order valence-electron chi connectivity index (χ0n) is 17.4. The maximum absolute atomic E-state index is 12.9. The lowest BCUT2D eigenvalue weighted by Gasteiger charge is -2.09. The number of amides is 2. The highest BCUT2D eigenvalue weighted by molar-refractivity contribution is 6.32. The van der Waals surface area contributed by atoms with Crippen molar-refractivity contribution in [3.05, 3.63) is 65.2 Å². The summed E-state index contributed by atoms with van der Waals surface area (Å²) in [7, 11) is 3.58. The average Bonchev–Trinajstić information content (AvgIpc) is 3.24. The number of nitrogens with zero attached hydrogens (tertiary/aromatic N) is 1. The molecule has 3 aromatic carbocycles. The van der Waals surface area contributed by atoms with E-state index < -0.39 is 0 Å². The van der Waals surface area contributed by atoms with Crippen LogP contribution in [0.3, 0.4) is 0 Å². The highest BCUT2D eigenvalue weighted by Crippen LogP contribution is 2.41. The molecule has 1 aromatic heterocycles. The second-order valence-electron chi connectivity index (χ2n) is 7.78. The van der Waals surface area contributed by atoms with Gasteiger partial charge in [-0.25, -0.2) is 0 Å². The molecule has 4 aromatic rings. The molecule has 6 heteroatoms. The third-order valence-corrected chi connectivity index (χ3v) is 6.07. The molecule has 0 unspecified atom stereocenters. The maximum atomic E-state index is 12.9. The molecule has 2 N–H and O–H groups in total. The minimum absolute atomic E-state index is 0.104. The van der Waals surface area contributed by atoms with E-state index in [1.807, 2.05) is 55.6 Å². The molecule has 156 valence electrons. The third-order valence-electron chi connectivity index (χ3n) is 6.07. The molecule has 2 heterocycles. The minimum Gasteiger partial charge on any atom is -0.496 e. The van der Waals surface area contributed by atoms with Crippen LogP contribution in [0.5, 0.6) is 5.75 Å². The van der Waals surface area contributed by atoms with Gasteiger partial charge >= 0.3 is 0 Å². The fourth-order valence-electron chi connectivity index (χ4n) is 4.62. The van der Waals surface area contributed by atoms with Gasteiger partial charge in [0.2, 0.25) is 0 Å². The first-order valence-electron chi connectivity index (χ1n) is 10.2. The molecule has 0 saturated heterocycles. The third kappa shape index (κ3) is 2.83. The molecule has 1 aliphatic heterocycles. The van der Waals surface area contributed by atoms with Crippen LogP contribution in [0.15, 0.2) is 48.5 Å². The number of hydrogen-bond acceptors (Lipinski definition) is 4. The molecule has 6 nitrogen and oxygen atoms in total. The van der Waals surface area contributed by atoms with Crippen LogP contribution < -0.4 is 10.1 Å². The summed E-state index contributed by atoms with van der Waals surface area (Å²) >= 11 is 0. The zero-order valence-corrected chi connectivity index (χ0v) is 17.4. The van der Waals surface area contributed by atoms with Crippen LogP contribution in [0.25, 0.3) is 32.9 Å². The van der Waals surface area contributed by atoms with Crippen LogP contribution in [-0.2, 0) is 13.5 Å². The molecule has 0 aliphatic carbocycles. The first-order chi connectivity index (χ1) is 15.0. The van der Waals surface area contributed by atoms with Gasteiger partial charge in [-0.1, -0.05) is 30.3 Å². The molecule has 2 amide bonds. The van der Waals surface area contributed by atoms with Crippen molar-refractivity contribution in [2.24, 2.45) is 7.05 Å². The van der Waals surface area contributed by atoms with Gasteiger partial charge in [0.05, 0.1) is 23.8 Å². The van der Waals surface area contributed by atoms with Crippen molar-refractivity contribution in [3.63, 3.8) is 0 Å². The van der Waals surface area contributed by atoms with Crippen LogP contribution in [0.4, 0.5) is 0 Å². The van der Waals surface area contributed by atoms with Crippen molar-refractivity contribution in [3.8, 4) is 16.9 Å². The molecule has 31 heavy (non-hydrogen) atoms. The van der Waals surface area contributed by atoms with E-state index in [9.17, 15) is 14.7 Å². The van der Waals surface area contributed by atoms with Gasteiger partial charge in [0.15, 0.2) is 0 Å². The van der Waals surface area contributed by atoms with Crippen LogP contribution in [0.2, 0.25) is 0 Å². The summed E-state index contributed by atoms with van der Waals surface area (Å²) in [5.74, 6) is -0.0399. The second kappa shape index (κ2) is 7.25. The highest BCUT2D eigenvalue weighted by Gasteiger charge is 2.34. The maximum Gasteiger partial charge on any atom is 0.259 e. The fourth-order valence-corrected chi connectivity index (χ4v) is 4.62. The number of nitrogens with one attached hydrogen (secondary N) is 1. The van der Waals surface area contributed by atoms with Gasteiger partial charge in [0.25, 0.3) is 11.8 Å². The average molecular weight is 414 g/mol. The Morgan fingerprint density at radius 3 is 2.45 bits per heavy atom. The number of rotatable bonds is 5. The summed E-state index contributed by atoms with van der Waals surface area (Å²) in [4.78, 5) is 25.7. The van der Waals surface area contributed by atoms with E-state index >= 15 is 0 Å². The van der Waals surface area contributed by atoms with Crippen LogP contribution in [-0.4, -0.2) is 35.2 Å². The molecule has 0 atom stereocenters. The lowest BCUT2D eigenvalue weighted by Crippen LogP contribution is -2.20. The number of benzene rings is 3. The first kappa shape index (κ1) is 19.3. The number of aromatic nitrogens is 1. The Hall–Kier alpha value is -3.64. The van der Waals surface area contributed by atoms with Gasteiger partial charge in [0.1, 0.15) is 5.75 Å². The predicted octanol–water partition coefficient (Wildman–Crippen LogP) is 3.82. The molecule has 0 saturated carbocycles. The van der Waals surface area contributed by atoms with Crippen LogP contribution in [0, 0.1) is 0 Å². The Kier molecular flexibility index (Phi) is 4.52. The van der Waals surface area contributed by atoms with E-state index in [0.717, 1.165) is 38.5 Å². The summed E-state index contributed by atoms with van der Waals surface area (Å²) in [6, 6.07) is 15.6. The van der Waals surface area contributed by atoms with Crippen molar-refractivity contribution >= 4 is 33.6 Å². The minimum atomic E-state index is -0.376. The first-order valence-corrected chi connectivity index (χ1v) is 10.2. The van der Waals surface area contributed by atoms with E-state index in [0.29, 0.717) is 29.7 Å². The number of methoxy groups -OCH3 is 1. The summed E-state index contributed by atoms with van der Waals surface area (Å²) in [6.45, 7) is 0.104. The largest absolute Gasteiger partial charge is 0.496 e. The fraction of sp³-hybridized carbons (Fsp3) is 0.200. The normalized spacial score (nSPS) is 13.1. The van der Waals surface area contributed by atoms with Gasteiger partial charge in [-0.05, 0) is 47.7 Å². The number of carbonyl (C=O) groups is 2. The van der Waals surface area contributed by atoms with Crippen molar-refractivity contribution in [2.45, 2.75) is 12.8 Å². The van der Waals surface area contributed by atoms with E-state index in [-0.39, 0.29) is 18.4 Å². The van der Waals surface area contributed by atoms with Crippen LogP contribution >= 0.6 is 0 Å². The SMILES string of the molecule is COc1cc2c3c4c(c(-c5ccccc5)cc3n(C)c2cc1CCCO)C(=O)NC4=O. The number of aliphatic hydroxyl groups is 1. The van der Waals surface area contributed by atoms with Gasteiger partial charge in [-0.15, -0.1) is 0 Å². The summed E-state index contributed by atoms with van der Waals surface area (Å²) < 4.78 is 7.66. The van der Waals surface area contributed by atoms with Crippen molar-refractivity contribution < 1.29 is 19.4 Å². The van der Waals surface area contributed by atoms with Gasteiger partial charge in [0, 0.05) is 29.9 Å². The number of fused-ring (bicyclic) bond motifs is 5. The van der Waals surface area contributed by atoms with E-state index in [2.05, 4.69) is 9.88 Å². The topological polar surface area (TPSA) is 80.6 Å².